The van der Waals surface area contributed by atoms with Crippen molar-refractivity contribution in [3.8, 4) is 5.69 Å². The molecule has 0 amide bonds. The fourth-order valence-corrected chi connectivity index (χ4v) is 1.56. The fourth-order valence-electron chi connectivity index (χ4n) is 1.35. The van der Waals surface area contributed by atoms with Crippen LogP contribution in [0.2, 0.25) is 5.02 Å². The summed E-state index contributed by atoms with van der Waals surface area (Å²) in [6, 6.07) is 2.90. The number of aromatic nitrogens is 3. The molecule has 1 aromatic carbocycles. The Morgan fingerprint density at radius 2 is 2.06 bits per heavy atom. The van der Waals surface area contributed by atoms with Gasteiger partial charge in [-0.2, -0.15) is 13.2 Å². The van der Waals surface area contributed by atoms with Crippen LogP contribution in [0.4, 0.5) is 13.2 Å². The van der Waals surface area contributed by atoms with Gasteiger partial charge in [-0.15, -0.1) is 5.10 Å². The van der Waals surface area contributed by atoms with E-state index in [0.29, 0.717) is 0 Å². The molecule has 4 nitrogen and oxygen atoms in total. The van der Waals surface area contributed by atoms with Crippen molar-refractivity contribution in [3.05, 3.63) is 40.7 Å². The van der Waals surface area contributed by atoms with Gasteiger partial charge in [0.2, 0.25) is 0 Å². The predicted octanol–water partition coefficient (Wildman–Crippen LogP) is 2.43. The first-order chi connectivity index (χ1) is 8.41. The summed E-state index contributed by atoms with van der Waals surface area (Å²) < 4.78 is 38.8. The lowest BCUT2D eigenvalue weighted by atomic mass is 10.2. The molecule has 1 N–H and O–H groups in total. The Hall–Kier alpha value is -1.60. The number of rotatable bonds is 2. The Bertz CT molecular complexity index is 568. The molecule has 0 bridgehead atoms. The highest BCUT2D eigenvalue weighted by atomic mass is 35.5. The number of hydrogen-bond donors (Lipinski definition) is 1. The summed E-state index contributed by atoms with van der Waals surface area (Å²) in [5.74, 6) is 0. The van der Waals surface area contributed by atoms with E-state index in [9.17, 15) is 13.2 Å². The van der Waals surface area contributed by atoms with E-state index in [1.807, 2.05) is 0 Å². The SMILES string of the molecule is OCc1cn(-c2cc(C(F)(F)F)ccc2Cl)nn1. The zero-order valence-corrected chi connectivity index (χ0v) is 9.57. The third kappa shape index (κ3) is 2.46. The number of nitrogens with zero attached hydrogens (tertiary/aromatic N) is 3. The maximum absolute atomic E-state index is 12.6. The summed E-state index contributed by atoms with van der Waals surface area (Å²) in [5, 5.41) is 16.1. The molecule has 0 aliphatic heterocycles. The van der Waals surface area contributed by atoms with E-state index in [1.165, 1.54) is 6.20 Å². The molecule has 2 rings (SSSR count). The number of alkyl halides is 3. The molecule has 1 heterocycles. The van der Waals surface area contributed by atoms with E-state index in [2.05, 4.69) is 10.3 Å². The molecule has 0 saturated heterocycles. The lowest BCUT2D eigenvalue weighted by Crippen LogP contribution is -2.06. The van der Waals surface area contributed by atoms with Crippen LogP contribution in [0.5, 0.6) is 0 Å². The number of aliphatic hydroxyl groups is 1. The van der Waals surface area contributed by atoms with Crippen LogP contribution in [-0.2, 0) is 12.8 Å². The summed E-state index contributed by atoms with van der Waals surface area (Å²) in [7, 11) is 0. The van der Waals surface area contributed by atoms with Gasteiger partial charge in [0.05, 0.1) is 29.1 Å². The van der Waals surface area contributed by atoms with Crippen LogP contribution in [0.3, 0.4) is 0 Å². The Labute approximate surface area is 105 Å². The first-order valence-corrected chi connectivity index (χ1v) is 5.19. The first kappa shape index (κ1) is 12.8. The van der Waals surface area contributed by atoms with Crippen molar-refractivity contribution in [1.82, 2.24) is 15.0 Å². The van der Waals surface area contributed by atoms with Crippen molar-refractivity contribution in [3.63, 3.8) is 0 Å². The fraction of sp³-hybridized carbons (Fsp3) is 0.200. The van der Waals surface area contributed by atoms with Crippen molar-refractivity contribution in [2.24, 2.45) is 0 Å². The number of halogens is 4. The van der Waals surface area contributed by atoms with E-state index in [1.54, 1.807) is 0 Å². The van der Waals surface area contributed by atoms with Gasteiger partial charge in [0.15, 0.2) is 0 Å². The minimum atomic E-state index is -4.46. The largest absolute Gasteiger partial charge is 0.416 e. The monoisotopic (exact) mass is 277 g/mol. The standard InChI is InChI=1S/C10H7ClF3N3O/c11-8-2-1-6(10(12,13)14)3-9(8)17-4-7(5-18)15-16-17/h1-4,18H,5H2. The summed E-state index contributed by atoms with van der Waals surface area (Å²) in [5.41, 5.74) is -0.537. The van der Waals surface area contributed by atoms with Gasteiger partial charge in [0.25, 0.3) is 0 Å². The van der Waals surface area contributed by atoms with E-state index in [-0.39, 0.29) is 23.0 Å². The topological polar surface area (TPSA) is 50.9 Å². The van der Waals surface area contributed by atoms with Crippen LogP contribution >= 0.6 is 11.6 Å². The van der Waals surface area contributed by atoms with E-state index in [0.717, 1.165) is 22.9 Å². The molecule has 96 valence electrons. The van der Waals surface area contributed by atoms with E-state index in [4.69, 9.17) is 16.7 Å². The highest BCUT2D eigenvalue weighted by molar-refractivity contribution is 6.32. The zero-order valence-electron chi connectivity index (χ0n) is 8.82. The highest BCUT2D eigenvalue weighted by Crippen LogP contribution is 2.32. The Morgan fingerprint density at radius 3 is 2.61 bits per heavy atom. The van der Waals surface area contributed by atoms with Crippen molar-refractivity contribution in [2.75, 3.05) is 0 Å². The van der Waals surface area contributed by atoms with Crippen molar-refractivity contribution >= 4 is 11.6 Å². The lowest BCUT2D eigenvalue weighted by molar-refractivity contribution is -0.137. The predicted molar refractivity (Wildman–Crippen MR) is 57.3 cm³/mol. The van der Waals surface area contributed by atoms with Gasteiger partial charge < -0.3 is 5.11 Å². The maximum atomic E-state index is 12.6. The smallest absolute Gasteiger partial charge is 0.390 e. The zero-order chi connectivity index (χ0) is 13.3. The summed E-state index contributed by atoms with van der Waals surface area (Å²) >= 11 is 5.81. The van der Waals surface area contributed by atoms with Gasteiger partial charge in [-0.3, -0.25) is 0 Å². The molecular weight excluding hydrogens is 271 g/mol. The molecule has 0 fully saturated rings. The molecule has 18 heavy (non-hydrogen) atoms. The van der Waals surface area contributed by atoms with Crippen molar-refractivity contribution in [1.29, 1.82) is 0 Å². The molecule has 0 saturated carbocycles. The van der Waals surface area contributed by atoms with Crippen molar-refractivity contribution in [2.45, 2.75) is 12.8 Å². The average Bonchev–Trinajstić information content (AvgIpc) is 2.76. The Morgan fingerprint density at radius 1 is 1.33 bits per heavy atom. The summed E-state index contributed by atoms with van der Waals surface area (Å²) in [6.07, 6.45) is -3.15. The van der Waals surface area contributed by atoms with Gasteiger partial charge in [-0.1, -0.05) is 16.8 Å². The second-order valence-electron chi connectivity index (χ2n) is 3.48. The number of hydrogen-bond acceptors (Lipinski definition) is 3. The van der Waals surface area contributed by atoms with Gasteiger partial charge in [0, 0.05) is 0 Å². The second-order valence-corrected chi connectivity index (χ2v) is 3.88. The third-order valence-electron chi connectivity index (χ3n) is 2.22. The molecule has 0 atom stereocenters. The van der Waals surface area contributed by atoms with Gasteiger partial charge in [-0.25, -0.2) is 4.68 Å². The highest BCUT2D eigenvalue weighted by Gasteiger charge is 2.31. The second kappa shape index (κ2) is 4.58. The van der Waals surface area contributed by atoms with Crippen LogP contribution in [0, 0.1) is 0 Å². The van der Waals surface area contributed by atoms with Gasteiger partial charge in [0.1, 0.15) is 5.69 Å². The Balaban J connectivity index is 2.49. The first-order valence-electron chi connectivity index (χ1n) is 4.81. The average molecular weight is 278 g/mol. The molecule has 0 unspecified atom stereocenters. The molecular formula is C10H7ClF3N3O. The van der Waals surface area contributed by atoms with Crippen LogP contribution in [-0.4, -0.2) is 20.1 Å². The van der Waals surface area contributed by atoms with E-state index >= 15 is 0 Å². The Kier molecular flexibility index (Phi) is 3.27. The maximum Gasteiger partial charge on any atom is 0.416 e. The molecule has 8 heteroatoms. The summed E-state index contributed by atoms with van der Waals surface area (Å²) in [6.45, 7) is -0.351. The van der Waals surface area contributed by atoms with Crippen LogP contribution in [0.1, 0.15) is 11.3 Å². The van der Waals surface area contributed by atoms with Crippen LogP contribution in [0.25, 0.3) is 5.69 Å². The molecule has 0 spiro atoms. The minimum absolute atomic E-state index is 0.0543. The molecule has 0 radical (unpaired) electrons. The third-order valence-corrected chi connectivity index (χ3v) is 2.54. The van der Waals surface area contributed by atoms with Crippen LogP contribution < -0.4 is 0 Å². The van der Waals surface area contributed by atoms with Gasteiger partial charge >= 0.3 is 6.18 Å². The van der Waals surface area contributed by atoms with Crippen LogP contribution in [0.15, 0.2) is 24.4 Å². The number of aliphatic hydroxyl groups excluding tert-OH is 1. The molecule has 1 aromatic heterocycles. The minimum Gasteiger partial charge on any atom is -0.390 e. The lowest BCUT2D eigenvalue weighted by Gasteiger charge is -2.09. The quantitative estimate of drug-likeness (QED) is 0.917. The summed E-state index contributed by atoms with van der Waals surface area (Å²) in [4.78, 5) is 0. The molecule has 2 aromatic rings. The van der Waals surface area contributed by atoms with Crippen molar-refractivity contribution < 1.29 is 18.3 Å². The van der Waals surface area contributed by atoms with Gasteiger partial charge in [-0.05, 0) is 18.2 Å². The molecule has 0 aliphatic carbocycles. The number of benzene rings is 1. The van der Waals surface area contributed by atoms with E-state index < -0.39 is 11.7 Å². The molecule has 0 aliphatic rings. The normalized spacial score (nSPS) is 11.8.